The van der Waals surface area contributed by atoms with E-state index in [1.54, 1.807) is 14.0 Å². The first-order chi connectivity index (χ1) is 5.99. The Balaban J connectivity index is 3.92. The SMILES string of the molecule is CNCC(C)C(=O)NC(C)C(=O)O. The topological polar surface area (TPSA) is 78.4 Å². The lowest BCUT2D eigenvalue weighted by atomic mass is 10.1. The summed E-state index contributed by atoms with van der Waals surface area (Å²) < 4.78 is 0. The van der Waals surface area contributed by atoms with E-state index in [-0.39, 0.29) is 11.8 Å². The molecule has 76 valence electrons. The molecule has 0 rings (SSSR count). The van der Waals surface area contributed by atoms with Crippen molar-refractivity contribution in [1.82, 2.24) is 10.6 Å². The molecule has 2 unspecified atom stereocenters. The zero-order valence-corrected chi connectivity index (χ0v) is 8.13. The number of hydrogen-bond donors (Lipinski definition) is 3. The van der Waals surface area contributed by atoms with Crippen LogP contribution in [0.1, 0.15) is 13.8 Å². The molecule has 0 saturated heterocycles. The Bertz CT molecular complexity index is 194. The Kier molecular flexibility index (Phi) is 5.06. The van der Waals surface area contributed by atoms with Gasteiger partial charge in [-0.15, -0.1) is 0 Å². The average Bonchev–Trinajstić information content (AvgIpc) is 2.04. The van der Waals surface area contributed by atoms with Crippen molar-refractivity contribution in [2.45, 2.75) is 19.9 Å². The van der Waals surface area contributed by atoms with Gasteiger partial charge in [-0.05, 0) is 14.0 Å². The molecule has 2 atom stereocenters. The third-order valence-electron chi connectivity index (χ3n) is 1.69. The molecule has 0 saturated carbocycles. The van der Waals surface area contributed by atoms with Gasteiger partial charge in [-0.25, -0.2) is 0 Å². The third kappa shape index (κ3) is 4.47. The maximum atomic E-state index is 11.2. The van der Waals surface area contributed by atoms with E-state index < -0.39 is 12.0 Å². The van der Waals surface area contributed by atoms with Crippen LogP contribution in [0.4, 0.5) is 0 Å². The van der Waals surface area contributed by atoms with Crippen molar-refractivity contribution in [3.8, 4) is 0 Å². The van der Waals surface area contributed by atoms with Gasteiger partial charge >= 0.3 is 5.97 Å². The number of aliphatic carboxylic acids is 1. The van der Waals surface area contributed by atoms with Gasteiger partial charge in [0.05, 0.1) is 0 Å². The Morgan fingerprint density at radius 1 is 1.38 bits per heavy atom. The second-order valence-corrected chi connectivity index (χ2v) is 3.03. The number of carboxylic acids is 1. The zero-order valence-electron chi connectivity index (χ0n) is 8.13. The summed E-state index contributed by atoms with van der Waals surface area (Å²) in [5.41, 5.74) is 0. The van der Waals surface area contributed by atoms with Gasteiger partial charge in [0.25, 0.3) is 0 Å². The number of carboxylic acid groups (broad SMARTS) is 1. The molecule has 0 bridgehead atoms. The Hall–Kier alpha value is -1.10. The molecular formula is C8H16N2O3. The molecule has 3 N–H and O–H groups in total. The van der Waals surface area contributed by atoms with Crippen LogP contribution in [0.25, 0.3) is 0 Å². The summed E-state index contributed by atoms with van der Waals surface area (Å²) in [7, 11) is 1.74. The van der Waals surface area contributed by atoms with Gasteiger partial charge in [-0.3, -0.25) is 9.59 Å². The van der Waals surface area contributed by atoms with Crippen molar-refractivity contribution in [3.05, 3.63) is 0 Å². The standard InChI is InChI=1S/C8H16N2O3/c1-5(4-9-3)7(11)10-6(2)8(12)13/h5-6,9H,4H2,1-3H3,(H,10,11)(H,12,13). The summed E-state index contributed by atoms with van der Waals surface area (Å²) >= 11 is 0. The van der Waals surface area contributed by atoms with Crippen LogP contribution in [-0.4, -0.2) is 36.6 Å². The summed E-state index contributed by atoms with van der Waals surface area (Å²) in [6.45, 7) is 3.71. The first-order valence-corrected chi connectivity index (χ1v) is 4.16. The quantitative estimate of drug-likeness (QED) is 0.540. The monoisotopic (exact) mass is 188 g/mol. The second kappa shape index (κ2) is 5.53. The first kappa shape index (κ1) is 11.9. The zero-order chi connectivity index (χ0) is 10.4. The summed E-state index contributed by atoms with van der Waals surface area (Å²) in [5.74, 6) is -1.49. The predicted molar refractivity (Wildman–Crippen MR) is 48.3 cm³/mol. The predicted octanol–water partition coefficient (Wildman–Crippen LogP) is -0.569. The van der Waals surface area contributed by atoms with Crippen molar-refractivity contribution in [1.29, 1.82) is 0 Å². The van der Waals surface area contributed by atoms with Crippen LogP contribution in [0.3, 0.4) is 0 Å². The Labute approximate surface area is 77.5 Å². The van der Waals surface area contributed by atoms with Crippen LogP contribution in [-0.2, 0) is 9.59 Å². The van der Waals surface area contributed by atoms with E-state index >= 15 is 0 Å². The molecule has 0 aliphatic rings. The average molecular weight is 188 g/mol. The van der Waals surface area contributed by atoms with E-state index in [2.05, 4.69) is 10.6 Å². The molecule has 0 heterocycles. The van der Waals surface area contributed by atoms with Crippen LogP contribution in [0, 0.1) is 5.92 Å². The van der Waals surface area contributed by atoms with E-state index in [0.29, 0.717) is 6.54 Å². The van der Waals surface area contributed by atoms with Crippen LogP contribution >= 0.6 is 0 Å². The van der Waals surface area contributed by atoms with Gasteiger partial charge < -0.3 is 15.7 Å². The van der Waals surface area contributed by atoms with E-state index in [1.165, 1.54) is 6.92 Å². The minimum atomic E-state index is -1.02. The molecule has 0 aromatic carbocycles. The summed E-state index contributed by atoms with van der Waals surface area (Å²) in [5, 5.41) is 13.7. The molecule has 0 fully saturated rings. The number of carbonyl (C=O) groups is 2. The number of nitrogens with one attached hydrogen (secondary N) is 2. The lowest BCUT2D eigenvalue weighted by molar-refractivity contribution is -0.141. The van der Waals surface area contributed by atoms with Gasteiger partial charge in [0.2, 0.25) is 5.91 Å². The van der Waals surface area contributed by atoms with Gasteiger partial charge in [0.15, 0.2) is 0 Å². The van der Waals surface area contributed by atoms with Crippen LogP contribution in [0.15, 0.2) is 0 Å². The fraction of sp³-hybridized carbons (Fsp3) is 0.750. The largest absolute Gasteiger partial charge is 0.480 e. The van der Waals surface area contributed by atoms with E-state index in [9.17, 15) is 9.59 Å². The minimum absolute atomic E-state index is 0.216. The molecule has 0 aliphatic carbocycles. The summed E-state index contributed by atoms with van der Waals surface area (Å²) in [6.07, 6.45) is 0. The van der Waals surface area contributed by atoms with Crippen LogP contribution in [0.2, 0.25) is 0 Å². The summed E-state index contributed by atoms with van der Waals surface area (Å²) in [6, 6.07) is -0.827. The highest BCUT2D eigenvalue weighted by molar-refractivity contribution is 5.84. The Morgan fingerprint density at radius 3 is 2.31 bits per heavy atom. The van der Waals surface area contributed by atoms with Crippen molar-refractivity contribution in [3.63, 3.8) is 0 Å². The molecule has 5 nitrogen and oxygen atoms in total. The highest BCUT2D eigenvalue weighted by Crippen LogP contribution is 1.93. The first-order valence-electron chi connectivity index (χ1n) is 4.16. The van der Waals surface area contributed by atoms with Crippen LogP contribution in [0.5, 0.6) is 0 Å². The van der Waals surface area contributed by atoms with Gasteiger partial charge in [-0.2, -0.15) is 0 Å². The highest BCUT2D eigenvalue weighted by Gasteiger charge is 2.17. The molecule has 13 heavy (non-hydrogen) atoms. The number of amides is 1. The third-order valence-corrected chi connectivity index (χ3v) is 1.69. The second-order valence-electron chi connectivity index (χ2n) is 3.03. The van der Waals surface area contributed by atoms with E-state index in [1.807, 2.05) is 0 Å². The fourth-order valence-electron chi connectivity index (χ4n) is 0.816. The number of rotatable bonds is 5. The van der Waals surface area contributed by atoms with Crippen LogP contribution < -0.4 is 10.6 Å². The smallest absolute Gasteiger partial charge is 0.325 e. The molecule has 0 aliphatic heterocycles. The lowest BCUT2D eigenvalue weighted by Gasteiger charge is -2.13. The van der Waals surface area contributed by atoms with Gasteiger partial charge in [0.1, 0.15) is 6.04 Å². The normalized spacial score (nSPS) is 14.7. The Morgan fingerprint density at radius 2 is 1.92 bits per heavy atom. The molecule has 0 aromatic heterocycles. The number of carbonyl (C=O) groups excluding carboxylic acids is 1. The molecule has 0 spiro atoms. The highest BCUT2D eigenvalue weighted by atomic mass is 16.4. The number of hydrogen-bond acceptors (Lipinski definition) is 3. The lowest BCUT2D eigenvalue weighted by Crippen LogP contribution is -2.43. The molecule has 0 aromatic rings. The maximum Gasteiger partial charge on any atom is 0.325 e. The summed E-state index contributed by atoms with van der Waals surface area (Å²) in [4.78, 5) is 21.6. The van der Waals surface area contributed by atoms with Crippen molar-refractivity contribution in [2.75, 3.05) is 13.6 Å². The maximum absolute atomic E-state index is 11.2. The van der Waals surface area contributed by atoms with Gasteiger partial charge in [-0.1, -0.05) is 6.92 Å². The molecule has 1 amide bonds. The molecule has 5 heteroatoms. The van der Waals surface area contributed by atoms with Crippen molar-refractivity contribution in [2.24, 2.45) is 5.92 Å². The van der Waals surface area contributed by atoms with Crippen molar-refractivity contribution >= 4 is 11.9 Å². The van der Waals surface area contributed by atoms with Crippen molar-refractivity contribution < 1.29 is 14.7 Å². The minimum Gasteiger partial charge on any atom is -0.480 e. The van der Waals surface area contributed by atoms with E-state index in [0.717, 1.165) is 0 Å². The molecule has 0 radical (unpaired) electrons. The van der Waals surface area contributed by atoms with E-state index in [4.69, 9.17) is 5.11 Å². The van der Waals surface area contributed by atoms with Gasteiger partial charge in [0, 0.05) is 12.5 Å². The molecular weight excluding hydrogens is 172 g/mol. The fourth-order valence-corrected chi connectivity index (χ4v) is 0.816.